The van der Waals surface area contributed by atoms with Crippen LogP contribution < -0.4 is 10.5 Å². The molecule has 3 rings (SSSR count). The topological polar surface area (TPSA) is 89.6 Å². The highest BCUT2D eigenvalue weighted by Gasteiger charge is 2.43. The molecule has 27 heavy (non-hydrogen) atoms. The van der Waals surface area contributed by atoms with Gasteiger partial charge in [0.05, 0.1) is 0 Å². The van der Waals surface area contributed by atoms with E-state index >= 15 is 0 Å². The maximum atomic E-state index is 13.0. The van der Waals surface area contributed by atoms with Gasteiger partial charge in [-0.1, -0.05) is 60.7 Å². The number of rotatable bonds is 5. The van der Waals surface area contributed by atoms with Crippen molar-refractivity contribution in [3.8, 4) is 22.6 Å². The van der Waals surface area contributed by atoms with Crippen molar-refractivity contribution in [1.29, 1.82) is 0 Å². The molecule has 1 amide bonds. The zero-order chi connectivity index (χ0) is 19.4. The van der Waals surface area contributed by atoms with Crippen molar-refractivity contribution in [2.24, 2.45) is 5.73 Å². The third-order valence-electron chi connectivity index (χ3n) is 4.52. The monoisotopic (exact) mass is 361 g/mol. The van der Waals surface area contributed by atoms with Crippen molar-refractivity contribution in [2.45, 2.75) is 12.3 Å². The fraction of sp³-hybridized carbons (Fsp3) is 0.0909. The molecule has 0 heterocycles. The number of benzene rings is 3. The Morgan fingerprint density at radius 3 is 2.11 bits per heavy atom. The Bertz CT molecular complexity index is 967. The van der Waals surface area contributed by atoms with Crippen LogP contribution in [-0.4, -0.2) is 17.0 Å². The Morgan fingerprint density at radius 2 is 1.48 bits per heavy atom. The summed E-state index contributed by atoms with van der Waals surface area (Å²) in [5.74, 6) is -1.11. The minimum Gasteiger partial charge on any atom is -0.508 e. The number of primary amides is 1. The Hall–Kier alpha value is -3.60. The molecule has 5 nitrogen and oxygen atoms in total. The molecule has 3 aromatic carbocycles. The van der Waals surface area contributed by atoms with Crippen molar-refractivity contribution in [2.75, 3.05) is 0 Å². The van der Waals surface area contributed by atoms with Gasteiger partial charge in [-0.05, 0) is 36.2 Å². The first-order valence-corrected chi connectivity index (χ1v) is 8.39. The van der Waals surface area contributed by atoms with Gasteiger partial charge in [0.1, 0.15) is 11.5 Å². The normalized spacial score (nSPS) is 12.8. The summed E-state index contributed by atoms with van der Waals surface area (Å²) < 4.78 is 5.61. The molecule has 0 fully saturated rings. The first kappa shape index (κ1) is 18.2. The molecule has 0 aliphatic rings. The van der Waals surface area contributed by atoms with Gasteiger partial charge in [0.25, 0.3) is 0 Å². The summed E-state index contributed by atoms with van der Waals surface area (Å²) in [6, 6.07) is 22.1. The van der Waals surface area contributed by atoms with Crippen molar-refractivity contribution in [3.05, 3.63) is 84.4 Å². The highest BCUT2D eigenvalue weighted by Crippen LogP contribution is 2.33. The number of amides is 1. The molecule has 0 radical (unpaired) electrons. The molecule has 0 aliphatic carbocycles. The van der Waals surface area contributed by atoms with Gasteiger partial charge in [0.15, 0.2) is 5.41 Å². The predicted molar refractivity (Wildman–Crippen MR) is 102 cm³/mol. The van der Waals surface area contributed by atoms with E-state index in [2.05, 4.69) is 0 Å². The summed E-state index contributed by atoms with van der Waals surface area (Å²) in [6.07, 6.45) is 0. The van der Waals surface area contributed by atoms with E-state index in [0.29, 0.717) is 16.9 Å². The lowest BCUT2D eigenvalue weighted by atomic mass is 9.82. The van der Waals surface area contributed by atoms with Crippen LogP contribution in [0.1, 0.15) is 12.5 Å². The van der Waals surface area contributed by atoms with Crippen LogP contribution in [0.5, 0.6) is 11.5 Å². The average Bonchev–Trinajstić information content (AvgIpc) is 2.69. The number of phenols is 1. The van der Waals surface area contributed by atoms with Crippen LogP contribution in [0.15, 0.2) is 78.9 Å². The number of nitrogens with two attached hydrogens (primary N) is 1. The van der Waals surface area contributed by atoms with Crippen LogP contribution in [0.25, 0.3) is 11.1 Å². The van der Waals surface area contributed by atoms with Gasteiger partial charge < -0.3 is 15.6 Å². The summed E-state index contributed by atoms with van der Waals surface area (Å²) in [4.78, 5) is 25.1. The van der Waals surface area contributed by atoms with Gasteiger partial charge in [-0.2, -0.15) is 0 Å². The predicted octanol–water partition coefficient (Wildman–Crippen LogP) is 3.41. The molecular weight excluding hydrogens is 342 g/mol. The van der Waals surface area contributed by atoms with Crippen molar-refractivity contribution in [3.63, 3.8) is 0 Å². The molecule has 1 atom stereocenters. The van der Waals surface area contributed by atoms with Crippen molar-refractivity contribution in [1.82, 2.24) is 0 Å². The second-order valence-electron chi connectivity index (χ2n) is 6.29. The fourth-order valence-corrected chi connectivity index (χ4v) is 2.77. The molecule has 0 saturated carbocycles. The highest BCUT2D eigenvalue weighted by atomic mass is 16.5. The first-order chi connectivity index (χ1) is 12.9. The highest BCUT2D eigenvalue weighted by molar-refractivity contribution is 6.08. The third kappa shape index (κ3) is 3.53. The number of hydrogen-bond acceptors (Lipinski definition) is 4. The standard InChI is InChI=1S/C22H19NO4/c1-22(20(23)25,16-7-3-2-4-8-16)21(26)27-19-10-6-5-9-18(19)15-11-13-17(24)14-12-15/h2-14,24H,1H3,(H2,23,25). The summed E-state index contributed by atoms with van der Waals surface area (Å²) in [7, 11) is 0. The van der Waals surface area contributed by atoms with Gasteiger partial charge in [0.2, 0.25) is 5.91 Å². The number of hydrogen-bond donors (Lipinski definition) is 2. The SMILES string of the molecule is CC(C(N)=O)(C(=O)Oc1ccccc1-c1ccc(O)cc1)c1ccccc1. The van der Waals surface area contributed by atoms with E-state index in [0.717, 1.165) is 5.56 Å². The molecule has 3 N–H and O–H groups in total. The average molecular weight is 361 g/mol. The smallest absolute Gasteiger partial charge is 0.331 e. The van der Waals surface area contributed by atoms with Gasteiger partial charge in [0, 0.05) is 5.56 Å². The number of phenolic OH excluding ortho intramolecular Hbond substituents is 1. The molecule has 0 aliphatic heterocycles. The summed E-state index contributed by atoms with van der Waals surface area (Å²) in [5, 5.41) is 9.48. The number of carbonyl (C=O) groups excluding carboxylic acids is 2. The molecule has 1 unspecified atom stereocenters. The van der Waals surface area contributed by atoms with Gasteiger partial charge in [-0.3, -0.25) is 9.59 Å². The number of para-hydroxylation sites is 1. The lowest BCUT2D eigenvalue weighted by Gasteiger charge is -2.24. The van der Waals surface area contributed by atoms with E-state index in [4.69, 9.17) is 10.5 Å². The molecule has 3 aromatic rings. The van der Waals surface area contributed by atoms with E-state index in [-0.39, 0.29) is 5.75 Å². The molecule has 0 saturated heterocycles. The third-order valence-corrected chi connectivity index (χ3v) is 4.52. The number of aromatic hydroxyl groups is 1. The quantitative estimate of drug-likeness (QED) is 0.414. The first-order valence-electron chi connectivity index (χ1n) is 8.39. The van der Waals surface area contributed by atoms with E-state index in [1.54, 1.807) is 72.8 Å². The summed E-state index contributed by atoms with van der Waals surface area (Å²) >= 11 is 0. The second kappa shape index (κ2) is 7.33. The molecular formula is C22H19NO4. The summed E-state index contributed by atoms with van der Waals surface area (Å²) in [5.41, 5.74) is 5.82. The van der Waals surface area contributed by atoms with Crippen molar-refractivity contribution < 1.29 is 19.4 Å². The van der Waals surface area contributed by atoms with E-state index in [9.17, 15) is 14.7 Å². The Balaban J connectivity index is 1.98. The second-order valence-corrected chi connectivity index (χ2v) is 6.29. The maximum absolute atomic E-state index is 13.0. The van der Waals surface area contributed by atoms with E-state index in [1.807, 2.05) is 6.07 Å². The molecule has 0 aromatic heterocycles. The largest absolute Gasteiger partial charge is 0.508 e. The minimum atomic E-state index is -1.62. The van der Waals surface area contributed by atoms with Crippen LogP contribution in [0, 0.1) is 0 Å². The molecule has 136 valence electrons. The van der Waals surface area contributed by atoms with Crippen LogP contribution >= 0.6 is 0 Å². The van der Waals surface area contributed by atoms with Crippen molar-refractivity contribution >= 4 is 11.9 Å². The zero-order valence-corrected chi connectivity index (χ0v) is 14.8. The Morgan fingerprint density at radius 1 is 0.889 bits per heavy atom. The number of carbonyl (C=O) groups is 2. The van der Waals surface area contributed by atoms with E-state index in [1.165, 1.54) is 6.92 Å². The van der Waals surface area contributed by atoms with Crippen LogP contribution in [0.4, 0.5) is 0 Å². The Labute approximate surface area is 157 Å². The van der Waals surface area contributed by atoms with Gasteiger partial charge >= 0.3 is 5.97 Å². The minimum absolute atomic E-state index is 0.138. The zero-order valence-electron chi connectivity index (χ0n) is 14.8. The van der Waals surface area contributed by atoms with Crippen LogP contribution in [-0.2, 0) is 15.0 Å². The van der Waals surface area contributed by atoms with Crippen LogP contribution in [0.2, 0.25) is 0 Å². The molecule has 0 bridgehead atoms. The van der Waals surface area contributed by atoms with Gasteiger partial charge in [-0.15, -0.1) is 0 Å². The van der Waals surface area contributed by atoms with Crippen LogP contribution in [0.3, 0.4) is 0 Å². The van der Waals surface area contributed by atoms with Gasteiger partial charge in [-0.25, -0.2) is 0 Å². The maximum Gasteiger partial charge on any atom is 0.331 e. The molecule has 0 spiro atoms. The molecule has 5 heteroatoms. The number of ether oxygens (including phenoxy) is 1. The van der Waals surface area contributed by atoms with E-state index < -0.39 is 17.3 Å². The lowest BCUT2D eigenvalue weighted by molar-refractivity contribution is -0.145. The number of esters is 1. The fourth-order valence-electron chi connectivity index (χ4n) is 2.77. The Kier molecular flexibility index (Phi) is 4.94. The lowest BCUT2D eigenvalue weighted by Crippen LogP contribution is -2.47. The summed E-state index contributed by atoms with van der Waals surface area (Å²) in [6.45, 7) is 1.45.